The monoisotopic (exact) mass is 325 g/mol. The van der Waals surface area contributed by atoms with Gasteiger partial charge in [-0.2, -0.15) is 0 Å². The van der Waals surface area contributed by atoms with Gasteiger partial charge in [0.15, 0.2) is 0 Å². The predicted molar refractivity (Wildman–Crippen MR) is 89.6 cm³/mol. The van der Waals surface area contributed by atoms with Crippen LogP contribution in [0, 0.1) is 17.0 Å². The average Bonchev–Trinajstić information content (AvgIpc) is 2.96. The number of H-pyrrole nitrogens is 1. The quantitative estimate of drug-likeness (QED) is 0.432. The van der Waals surface area contributed by atoms with Crippen molar-refractivity contribution in [1.29, 1.82) is 0 Å². The second-order valence-electron chi connectivity index (χ2n) is 5.17. The number of hydrogen-bond donors (Lipinski definition) is 2. The lowest BCUT2D eigenvalue weighted by Gasteiger charge is -2.07. The van der Waals surface area contributed by atoms with Crippen LogP contribution in [0.2, 0.25) is 0 Å². The fourth-order valence-electron chi connectivity index (χ4n) is 2.47. The smallest absolute Gasteiger partial charge is 0.293 e. The molecule has 0 aliphatic rings. The number of anilines is 1. The lowest BCUT2D eigenvalue weighted by molar-refractivity contribution is -0.383. The molecular weight excluding hydrogens is 310 g/mol. The lowest BCUT2D eigenvalue weighted by atomic mass is 10.1. The fraction of sp³-hybridized carbons (Fsp3) is 0.125. The molecule has 2 heterocycles. The molecule has 3 rings (SSSR count). The number of nitrogens with zero attached hydrogens (tertiary/aromatic N) is 3. The van der Waals surface area contributed by atoms with Crippen LogP contribution in [0.25, 0.3) is 22.6 Å². The van der Waals surface area contributed by atoms with Crippen molar-refractivity contribution in [3.63, 3.8) is 0 Å². The van der Waals surface area contributed by atoms with Gasteiger partial charge in [0.2, 0.25) is 0 Å². The van der Waals surface area contributed by atoms with Gasteiger partial charge in [-0.15, -0.1) is 0 Å². The summed E-state index contributed by atoms with van der Waals surface area (Å²) in [6.07, 6.45) is 3.38. The first-order valence-corrected chi connectivity index (χ1v) is 7.10. The van der Waals surface area contributed by atoms with E-state index in [0.29, 0.717) is 17.1 Å². The van der Waals surface area contributed by atoms with E-state index in [1.807, 2.05) is 19.1 Å². The molecule has 0 saturated heterocycles. The van der Waals surface area contributed by atoms with Gasteiger partial charge in [-0.05, 0) is 19.1 Å². The fourth-order valence-corrected chi connectivity index (χ4v) is 2.47. The Labute approximate surface area is 137 Å². The Balaban J connectivity index is 2.16. The van der Waals surface area contributed by atoms with Gasteiger partial charge in [0.05, 0.1) is 23.3 Å². The van der Waals surface area contributed by atoms with Gasteiger partial charge in [0, 0.05) is 35.8 Å². The number of nitrogens with two attached hydrogens (primary N) is 1. The van der Waals surface area contributed by atoms with E-state index in [4.69, 9.17) is 10.5 Å². The predicted octanol–water partition coefficient (Wildman–Crippen LogP) is 2.95. The van der Waals surface area contributed by atoms with Crippen molar-refractivity contribution in [3.8, 4) is 28.4 Å². The zero-order valence-corrected chi connectivity index (χ0v) is 13.1. The Morgan fingerprint density at radius 2 is 2.17 bits per heavy atom. The van der Waals surface area contributed by atoms with Crippen LogP contribution in [0.15, 0.2) is 36.7 Å². The SMILES string of the molecule is COc1cc(N)c([N+](=O)[O-])cc1-c1nc(-c2cccnc2)c(C)[nH]1. The van der Waals surface area contributed by atoms with E-state index in [1.54, 1.807) is 12.4 Å². The van der Waals surface area contributed by atoms with E-state index < -0.39 is 4.92 Å². The average molecular weight is 325 g/mol. The molecule has 0 amide bonds. The molecule has 24 heavy (non-hydrogen) atoms. The van der Waals surface area contributed by atoms with E-state index in [9.17, 15) is 10.1 Å². The molecule has 0 aliphatic heterocycles. The molecule has 3 N–H and O–H groups in total. The van der Waals surface area contributed by atoms with Gasteiger partial charge < -0.3 is 15.5 Å². The van der Waals surface area contributed by atoms with E-state index in [0.717, 1.165) is 17.0 Å². The minimum Gasteiger partial charge on any atom is -0.496 e. The first-order chi connectivity index (χ1) is 11.5. The summed E-state index contributed by atoms with van der Waals surface area (Å²) in [4.78, 5) is 22.4. The minimum absolute atomic E-state index is 0.0383. The highest BCUT2D eigenvalue weighted by Crippen LogP contribution is 2.37. The third-order valence-corrected chi connectivity index (χ3v) is 3.62. The van der Waals surface area contributed by atoms with Gasteiger partial charge in [-0.25, -0.2) is 4.98 Å². The van der Waals surface area contributed by atoms with Crippen LogP contribution in [0.4, 0.5) is 11.4 Å². The molecule has 0 aliphatic carbocycles. The number of nitro benzene ring substituents is 1. The number of nitrogens with one attached hydrogen (secondary N) is 1. The second kappa shape index (κ2) is 5.99. The Bertz CT molecular complexity index is 906. The van der Waals surface area contributed by atoms with Gasteiger partial charge >= 0.3 is 0 Å². The lowest BCUT2D eigenvalue weighted by Crippen LogP contribution is -1.99. The first-order valence-electron chi connectivity index (χ1n) is 7.10. The van der Waals surface area contributed by atoms with Crippen molar-refractivity contribution >= 4 is 11.4 Å². The largest absolute Gasteiger partial charge is 0.496 e. The zero-order valence-electron chi connectivity index (χ0n) is 13.1. The van der Waals surface area contributed by atoms with Crippen LogP contribution < -0.4 is 10.5 Å². The number of hydrogen-bond acceptors (Lipinski definition) is 6. The highest BCUT2D eigenvalue weighted by molar-refractivity contribution is 5.77. The van der Waals surface area contributed by atoms with E-state index in [1.165, 1.54) is 19.2 Å². The molecule has 0 radical (unpaired) electrons. The van der Waals surface area contributed by atoms with Gasteiger partial charge in [-0.3, -0.25) is 15.1 Å². The molecule has 1 aromatic carbocycles. The number of imidazole rings is 1. The number of rotatable bonds is 4. The standard InChI is InChI=1S/C16H15N5O3/c1-9-15(10-4-3-5-18-8-10)20-16(19-9)11-6-13(21(22)23)12(17)7-14(11)24-2/h3-8H,17H2,1-2H3,(H,19,20). The van der Waals surface area contributed by atoms with Crippen molar-refractivity contribution in [2.45, 2.75) is 6.92 Å². The molecule has 0 bridgehead atoms. The number of ether oxygens (including phenoxy) is 1. The Morgan fingerprint density at radius 3 is 2.79 bits per heavy atom. The topological polar surface area (TPSA) is 120 Å². The maximum absolute atomic E-state index is 11.1. The van der Waals surface area contributed by atoms with Gasteiger partial charge in [0.25, 0.3) is 5.69 Å². The van der Waals surface area contributed by atoms with Gasteiger partial charge in [-0.1, -0.05) is 0 Å². The maximum Gasteiger partial charge on any atom is 0.293 e. The molecule has 0 saturated carbocycles. The first kappa shape index (κ1) is 15.5. The summed E-state index contributed by atoms with van der Waals surface area (Å²) in [5, 5.41) is 11.1. The van der Waals surface area contributed by atoms with Crippen LogP contribution in [0.3, 0.4) is 0 Å². The number of pyridine rings is 1. The summed E-state index contributed by atoms with van der Waals surface area (Å²) < 4.78 is 5.30. The van der Waals surface area contributed by atoms with Crippen molar-refractivity contribution in [1.82, 2.24) is 15.0 Å². The van der Waals surface area contributed by atoms with E-state index in [2.05, 4.69) is 15.0 Å². The van der Waals surface area contributed by atoms with Crippen molar-refractivity contribution in [3.05, 3.63) is 52.5 Å². The van der Waals surface area contributed by atoms with Crippen LogP contribution in [-0.4, -0.2) is 27.0 Å². The van der Waals surface area contributed by atoms with Gasteiger partial charge in [0.1, 0.15) is 17.3 Å². The number of aromatic amines is 1. The van der Waals surface area contributed by atoms with Crippen molar-refractivity contribution < 1.29 is 9.66 Å². The number of nitrogen functional groups attached to an aromatic ring is 1. The van der Waals surface area contributed by atoms with Crippen LogP contribution in [0.1, 0.15) is 5.69 Å². The third kappa shape index (κ3) is 2.65. The Morgan fingerprint density at radius 1 is 1.38 bits per heavy atom. The molecular formula is C16H15N5O3. The molecule has 8 heteroatoms. The molecule has 8 nitrogen and oxygen atoms in total. The van der Waals surface area contributed by atoms with Crippen LogP contribution >= 0.6 is 0 Å². The second-order valence-corrected chi connectivity index (χ2v) is 5.17. The summed E-state index contributed by atoms with van der Waals surface area (Å²) in [6, 6.07) is 6.49. The minimum atomic E-state index is -0.532. The third-order valence-electron chi connectivity index (χ3n) is 3.62. The Kier molecular flexibility index (Phi) is 3.87. The molecule has 2 aromatic heterocycles. The van der Waals surface area contributed by atoms with E-state index in [-0.39, 0.29) is 11.4 Å². The number of nitro groups is 1. The number of benzene rings is 1. The molecule has 3 aromatic rings. The zero-order chi connectivity index (χ0) is 17.3. The summed E-state index contributed by atoms with van der Waals surface area (Å²) in [5.74, 6) is 0.871. The van der Waals surface area contributed by atoms with Crippen LogP contribution in [0.5, 0.6) is 5.75 Å². The number of aromatic nitrogens is 3. The summed E-state index contributed by atoms with van der Waals surface area (Å²) in [5.41, 5.74) is 8.42. The van der Waals surface area contributed by atoms with E-state index >= 15 is 0 Å². The molecule has 0 spiro atoms. The summed E-state index contributed by atoms with van der Waals surface area (Å²) in [6.45, 7) is 1.87. The molecule has 122 valence electrons. The molecule has 0 fully saturated rings. The van der Waals surface area contributed by atoms with Crippen molar-refractivity contribution in [2.24, 2.45) is 0 Å². The summed E-state index contributed by atoms with van der Waals surface area (Å²) in [7, 11) is 1.47. The molecule has 0 atom stereocenters. The highest BCUT2D eigenvalue weighted by Gasteiger charge is 2.20. The maximum atomic E-state index is 11.1. The van der Waals surface area contributed by atoms with Crippen molar-refractivity contribution in [2.75, 3.05) is 12.8 Å². The van der Waals surface area contributed by atoms with Crippen LogP contribution in [-0.2, 0) is 0 Å². The summed E-state index contributed by atoms with van der Waals surface area (Å²) >= 11 is 0. The number of aryl methyl sites for hydroxylation is 1. The molecule has 0 unspecified atom stereocenters. The normalized spacial score (nSPS) is 10.6. The number of methoxy groups -OCH3 is 1. The highest BCUT2D eigenvalue weighted by atomic mass is 16.6. The Hall–Kier alpha value is -3.42.